The summed E-state index contributed by atoms with van der Waals surface area (Å²) in [5.41, 5.74) is 3.98. The van der Waals surface area contributed by atoms with E-state index in [2.05, 4.69) is 17.4 Å². The number of carbonyl (C=O) groups excluding carboxylic acids is 1. The van der Waals surface area contributed by atoms with E-state index in [4.69, 9.17) is 14.8 Å². The molecule has 0 saturated heterocycles. The normalized spacial score (nSPS) is 17.7. The van der Waals surface area contributed by atoms with Gasteiger partial charge < -0.3 is 10.1 Å². The summed E-state index contributed by atoms with van der Waals surface area (Å²) in [6.45, 7) is 4.02. The molecule has 5 rings (SSSR count). The first-order valence-electron chi connectivity index (χ1n) is 11.0. The average molecular weight is 447 g/mol. The number of Topliss-reactive ketones (excluding diaryl/α,β-unsaturated/α-hetero) is 1. The Hall–Kier alpha value is -3.06. The van der Waals surface area contributed by atoms with E-state index in [1.165, 1.54) is 5.56 Å². The van der Waals surface area contributed by atoms with Crippen molar-refractivity contribution in [3.05, 3.63) is 77.0 Å². The summed E-state index contributed by atoms with van der Waals surface area (Å²) < 4.78 is 7.79. The van der Waals surface area contributed by atoms with Crippen molar-refractivity contribution in [1.29, 1.82) is 0 Å². The van der Waals surface area contributed by atoms with Gasteiger partial charge in [-0.25, -0.2) is 4.68 Å². The minimum Gasteiger partial charge on any atom is -0.491 e. The topological polar surface area (TPSA) is 69.0 Å². The second kappa shape index (κ2) is 8.82. The molecule has 0 amide bonds. The van der Waals surface area contributed by atoms with Gasteiger partial charge in [-0.2, -0.15) is 4.98 Å². The van der Waals surface area contributed by atoms with Crippen LogP contribution in [0.4, 0.5) is 5.95 Å². The number of rotatable bonds is 6. The number of allylic oxidation sites excluding steroid dienone is 2. The molecular weight excluding hydrogens is 420 g/mol. The largest absolute Gasteiger partial charge is 0.491 e. The standard InChI is InChI=1S/C25H26N4O2S/c1-16(2)31-19-11-6-10-18(14-19)23-22-20(12-7-13-21(22)30)26-24-27-25(28-29(23)24)32-15-17-8-4-3-5-9-17/h3-6,8-11,14,16,23H,7,12-13,15H2,1-2H3,(H,26,27,28). The zero-order valence-corrected chi connectivity index (χ0v) is 19.1. The molecule has 0 fully saturated rings. The summed E-state index contributed by atoms with van der Waals surface area (Å²) in [6.07, 6.45) is 2.35. The molecule has 2 aromatic carbocycles. The van der Waals surface area contributed by atoms with E-state index in [0.29, 0.717) is 17.5 Å². The first kappa shape index (κ1) is 20.8. The quantitative estimate of drug-likeness (QED) is 0.513. The predicted molar refractivity (Wildman–Crippen MR) is 126 cm³/mol. The van der Waals surface area contributed by atoms with Crippen LogP contribution in [0, 0.1) is 0 Å². The number of benzene rings is 2. The lowest BCUT2D eigenvalue weighted by molar-refractivity contribution is -0.116. The molecule has 6 nitrogen and oxygen atoms in total. The summed E-state index contributed by atoms with van der Waals surface area (Å²) in [6, 6.07) is 18.0. The van der Waals surface area contributed by atoms with Crippen molar-refractivity contribution >= 4 is 23.5 Å². The van der Waals surface area contributed by atoms with E-state index in [9.17, 15) is 4.79 Å². The number of ketones is 1. The van der Waals surface area contributed by atoms with Crippen LogP contribution in [0.1, 0.15) is 50.3 Å². The Morgan fingerprint density at radius 2 is 2.00 bits per heavy atom. The number of fused-ring (bicyclic) bond motifs is 1. The van der Waals surface area contributed by atoms with Crippen molar-refractivity contribution in [1.82, 2.24) is 14.8 Å². The van der Waals surface area contributed by atoms with Gasteiger partial charge in [0.05, 0.1) is 6.10 Å². The zero-order chi connectivity index (χ0) is 22.1. The molecule has 0 saturated carbocycles. The third-order valence-corrected chi connectivity index (χ3v) is 6.51. The third-order valence-electron chi connectivity index (χ3n) is 5.61. The molecule has 0 spiro atoms. The van der Waals surface area contributed by atoms with E-state index in [1.54, 1.807) is 11.8 Å². The van der Waals surface area contributed by atoms with Gasteiger partial charge >= 0.3 is 0 Å². The van der Waals surface area contributed by atoms with Gasteiger partial charge in [0.25, 0.3) is 0 Å². The van der Waals surface area contributed by atoms with Gasteiger partial charge in [-0.05, 0) is 49.9 Å². The Bertz CT molecular complexity index is 1170. The molecule has 164 valence electrons. The maximum Gasteiger partial charge on any atom is 0.227 e. The van der Waals surface area contributed by atoms with Crippen LogP contribution in [0.3, 0.4) is 0 Å². The number of ether oxygens (including phenoxy) is 1. The zero-order valence-electron chi connectivity index (χ0n) is 18.2. The first-order valence-corrected chi connectivity index (χ1v) is 12.0. The van der Waals surface area contributed by atoms with E-state index in [1.807, 2.05) is 61.0 Å². The van der Waals surface area contributed by atoms with Crippen molar-refractivity contribution in [2.75, 3.05) is 5.32 Å². The summed E-state index contributed by atoms with van der Waals surface area (Å²) >= 11 is 1.60. The Balaban J connectivity index is 1.51. The van der Waals surface area contributed by atoms with Crippen LogP contribution in [0.25, 0.3) is 0 Å². The lowest BCUT2D eigenvalue weighted by atomic mass is 9.85. The van der Waals surface area contributed by atoms with Crippen LogP contribution < -0.4 is 10.1 Å². The minimum absolute atomic E-state index is 0.0762. The third kappa shape index (κ3) is 4.17. The summed E-state index contributed by atoms with van der Waals surface area (Å²) in [5, 5.41) is 8.91. The molecule has 3 aromatic rings. The highest BCUT2D eigenvalue weighted by Crippen LogP contribution is 2.41. The fourth-order valence-electron chi connectivity index (χ4n) is 4.26. The van der Waals surface area contributed by atoms with Crippen LogP contribution in [0.15, 0.2) is 71.0 Å². The van der Waals surface area contributed by atoms with Crippen LogP contribution in [0.2, 0.25) is 0 Å². The van der Waals surface area contributed by atoms with Gasteiger partial charge in [0.15, 0.2) is 5.78 Å². The Morgan fingerprint density at radius 3 is 2.81 bits per heavy atom. The predicted octanol–water partition coefficient (Wildman–Crippen LogP) is 5.38. The molecule has 1 N–H and O–H groups in total. The van der Waals surface area contributed by atoms with Crippen LogP contribution in [-0.4, -0.2) is 26.7 Å². The highest BCUT2D eigenvalue weighted by Gasteiger charge is 2.37. The second-order valence-corrected chi connectivity index (χ2v) is 9.31. The molecule has 0 radical (unpaired) electrons. The molecule has 1 atom stereocenters. The maximum atomic E-state index is 13.0. The van der Waals surface area contributed by atoms with E-state index >= 15 is 0 Å². The fourth-order valence-corrected chi connectivity index (χ4v) is 5.04. The van der Waals surface area contributed by atoms with Crippen LogP contribution >= 0.6 is 11.8 Å². The summed E-state index contributed by atoms with van der Waals surface area (Å²) in [7, 11) is 0. The van der Waals surface area contributed by atoms with Crippen LogP contribution in [-0.2, 0) is 10.5 Å². The monoisotopic (exact) mass is 446 g/mol. The number of anilines is 1. The van der Waals surface area contributed by atoms with Gasteiger partial charge in [0.1, 0.15) is 11.8 Å². The second-order valence-electron chi connectivity index (χ2n) is 8.37. The summed E-state index contributed by atoms with van der Waals surface area (Å²) in [5.74, 6) is 2.45. The van der Waals surface area contributed by atoms with E-state index in [-0.39, 0.29) is 17.9 Å². The molecule has 1 aliphatic heterocycles. The highest BCUT2D eigenvalue weighted by atomic mass is 32.2. The number of nitrogens with one attached hydrogen (secondary N) is 1. The minimum atomic E-state index is -0.302. The van der Waals surface area contributed by atoms with Gasteiger partial charge in [-0.15, -0.1) is 5.10 Å². The molecule has 32 heavy (non-hydrogen) atoms. The molecule has 1 unspecified atom stereocenters. The molecule has 0 bridgehead atoms. The molecule has 1 aliphatic carbocycles. The van der Waals surface area contributed by atoms with Gasteiger partial charge in [0, 0.05) is 23.4 Å². The number of thioether (sulfide) groups is 1. The van der Waals surface area contributed by atoms with Crippen molar-refractivity contribution < 1.29 is 9.53 Å². The maximum absolute atomic E-state index is 13.0. The molecule has 2 aliphatic rings. The van der Waals surface area contributed by atoms with Gasteiger partial charge in [-0.1, -0.05) is 54.2 Å². The number of hydrogen-bond donors (Lipinski definition) is 1. The van der Waals surface area contributed by atoms with Crippen LogP contribution in [0.5, 0.6) is 5.75 Å². The lowest BCUT2D eigenvalue weighted by Gasteiger charge is -2.32. The van der Waals surface area contributed by atoms with Gasteiger partial charge in [-0.3, -0.25) is 4.79 Å². The number of aromatic nitrogens is 3. The molecule has 1 aromatic heterocycles. The van der Waals surface area contributed by atoms with E-state index in [0.717, 1.165) is 41.2 Å². The fraction of sp³-hybridized carbons (Fsp3) is 0.320. The Kier molecular flexibility index (Phi) is 5.74. The van der Waals surface area contributed by atoms with E-state index < -0.39 is 0 Å². The van der Waals surface area contributed by atoms with Crippen molar-refractivity contribution in [3.63, 3.8) is 0 Å². The number of nitrogens with zero attached hydrogens (tertiary/aromatic N) is 3. The molecular formula is C25H26N4O2S. The van der Waals surface area contributed by atoms with Crippen molar-refractivity contribution in [3.8, 4) is 5.75 Å². The average Bonchev–Trinajstić information content (AvgIpc) is 3.19. The summed E-state index contributed by atoms with van der Waals surface area (Å²) in [4.78, 5) is 17.8. The van der Waals surface area contributed by atoms with Crippen molar-refractivity contribution in [2.24, 2.45) is 0 Å². The Morgan fingerprint density at radius 1 is 1.16 bits per heavy atom. The smallest absolute Gasteiger partial charge is 0.227 e. The number of carbonyl (C=O) groups is 1. The SMILES string of the molecule is CC(C)Oc1cccc(C2C3=C(CCCC3=O)Nc3nc(SCc4ccccc4)nn32)c1. The molecule has 2 heterocycles. The number of hydrogen-bond acceptors (Lipinski definition) is 6. The Labute approximate surface area is 192 Å². The highest BCUT2D eigenvalue weighted by molar-refractivity contribution is 7.98. The first-order chi connectivity index (χ1) is 15.6. The van der Waals surface area contributed by atoms with Crippen molar-refractivity contribution in [2.45, 2.75) is 56.2 Å². The van der Waals surface area contributed by atoms with Gasteiger partial charge in [0.2, 0.25) is 11.1 Å². The molecule has 7 heteroatoms. The lowest BCUT2D eigenvalue weighted by Crippen LogP contribution is -2.31.